The van der Waals surface area contributed by atoms with E-state index >= 15 is 0 Å². The molecule has 1 heterocycles. The van der Waals surface area contributed by atoms with Crippen molar-refractivity contribution in [3.05, 3.63) is 73.1 Å². The van der Waals surface area contributed by atoms with Gasteiger partial charge in [-0.2, -0.15) is 4.72 Å². The van der Waals surface area contributed by atoms with Crippen LogP contribution in [0.1, 0.15) is 20.3 Å². The molecule has 0 unspecified atom stereocenters. The molecule has 2 N–H and O–H groups in total. The predicted molar refractivity (Wildman–Crippen MR) is 130 cm³/mol. The van der Waals surface area contributed by atoms with E-state index in [4.69, 9.17) is 0 Å². The predicted octanol–water partition coefficient (Wildman–Crippen LogP) is 3.70. The number of sulfonamides is 1. The van der Waals surface area contributed by atoms with Gasteiger partial charge in [-0.15, -0.1) is 0 Å². The van der Waals surface area contributed by atoms with Crippen molar-refractivity contribution in [2.45, 2.75) is 37.8 Å². The van der Waals surface area contributed by atoms with Crippen molar-refractivity contribution < 1.29 is 13.2 Å². The van der Waals surface area contributed by atoms with Crippen molar-refractivity contribution in [1.82, 2.24) is 19.6 Å². The quantitative estimate of drug-likeness (QED) is 0.370. The first-order valence-electron chi connectivity index (χ1n) is 11.0. The minimum absolute atomic E-state index is 0.145. The van der Waals surface area contributed by atoms with Crippen molar-refractivity contribution in [3.8, 4) is 0 Å². The summed E-state index contributed by atoms with van der Waals surface area (Å²) < 4.78 is 30.6. The highest BCUT2D eigenvalue weighted by atomic mass is 32.2. The Kier molecular flexibility index (Phi) is 6.76. The number of aromatic nitrogens is 2. The van der Waals surface area contributed by atoms with Crippen molar-refractivity contribution >= 4 is 37.7 Å². The lowest BCUT2D eigenvalue weighted by molar-refractivity contribution is -0.123. The zero-order chi connectivity index (χ0) is 23.4. The fraction of sp³-hybridized carbons (Fsp3) is 0.280. The number of aryl methyl sites for hydroxylation is 1. The maximum absolute atomic E-state index is 13.0. The maximum Gasteiger partial charge on any atom is 0.241 e. The van der Waals surface area contributed by atoms with Gasteiger partial charge in [0, 0.05) is 13.1 Å². The van der Waals surface area contributed by atoms with E-state index in [0.717, 1.165) is 21.8 Å². The Hall–Kier alpha value is -3.23. The third-order valence-electron chi connectivity index (χ3n) is 5.66. The van der Waals surface area contributed by atoms with Crippen LogP contribution in [-0.2, 0) is 21.4 Å². The van der Waals surface area contributed by atoms with Gasteiger partial charge >= 0.3 is 0 Å². The van der Waals surface area contributed by atoms with E-state index in [9.17, 15) is 13.2 Å². The highest BCUT2D eigenvalue weighted by Crippen LogP contribution is 2.20. The SMILES string of the molecule is CC(C)[C@@H](NS(=O)(=O)c1ccc2ccccc2c1)C(=O)NCCCn1cnc2ccccc21. The van der Waals surface area contributed by atoms with Crippen LogP contribution in [0, 0.1) is 5.92 Å². The van der Waals surface area contributed by atoms with Crippen molar-refractivity contribution in [3.63, 3.8) is 0 Å². The lowest BCUT2D eigenvalue weighted by Gasteiger charge is -2.22. The van der Waals surface area contributed by atoms with Gasteiger partial charge < -0.3 is 9.88 Å². The fourth-order valence-electron chi connectivity index (χ4n) is 3.82. The van der Waals surface area contributed by atoms with E-state index in [2.05, 4.69) is 15.0 Å². The molecule has 0 radical (unpaired) electrons. The first kappa shape index (κ1) is 22.9. The van der Waals surface area contributed by atoms with Crippen LogP contribution in [0.4, 0.5) is 0 Å². The molecule has 1 amide bonds. The zero-order valence-electron chi connectivity index (χ0n) is 18.7. The average Bonchev–Trinajstić information content (AvgIpc) is 3.23. The second-order valence-corrected chi connectivity index (χ2v) is 10.1. The van der Waals surface area contributed by atoms with Crippen LogP contribution in [0.3, 0.4) is 0 Å². The molecule has 172 valence electrons. The second-order valence-electron chi connectivity index (χ2n) is 8.42. The molecule has 4 aromatic rings. The number of carbonyl (C=O) groups is 1. The summed E-state index contributed by atoms with van der Waals surface area (Å²) >= 11 is 0. The van der Waals surface area contributed by atoms with Gasteiger partial charge in [-0.25, -0.2) is 13.4 Å². The van der Waals surface area contributed by atoms with Gasteiger partial charge in [0.1, 0.15) is 6.04 Å². The molecule has 33 heavy (non-hydrogen) atoms. The van der Waals surface area contributed by atoms with Gasteiger partial charge in [0.15, 0.2) is 0 Å². The first-order chi connectivity index (χ1) is 15.8. The lowest BCUT2D eigenvalue weighted by atomic mass is 10.1. The van der Waals surface area contributed by atoms with E-state index in [1.165, 1.54) is 0 Å². The molecule has 0 spiro atoms. The number of nitrogens with zero attached hydrogens (tertiary/aromatic N) is 2. The topological polar surface area (TPSA) is 93.1 Å². The number of imidazole rings is 1. The van der Waals surface area contributed by atoms with Gasteiger partial charge in [0.25, 0.3) is 0 Å². The molecule has 1 aromatic heterocycles. The molecule has 1 atom stereocenters. The van der Waals surface area contributed by atoms with Crippen LogP contribution >= 0.6 is 0 Å². The number of carbonyl (C=O) groups excluding carboxylic acids is 1. The number of amides is 1. The van der Waals surface area contributed by atoms with Gasteiger partial charge in [-0.05, 0) is 47.4 Å². The largest absolute Gasteiger partial charge is 0.355 e. The van der Waals surface area contributed by atoms with Gasteiger partial charge in [-0.1, -0.05) is 56.3 Å². The zero-order valence-corrected chi connectivity index (χ0v) is 19.5. The van der Waals surface area contributed by atoms with Crippen LogP contribution in [-0.4, -0.2) is 36.5 Å². The monoisotopic (exact) mass is 464 g/mol. The van der Waals surface area contributed by atoms with Gasteiger partial charge in [0.2, 0.25) is 15.9 Å². The normalized spacial score (nSPS) is 12.9. The van der Waals surface area contributed by atoms with Gasteiger partial charge in [0.05, 0.1) is 22.3 Å². The molecule has 0 aliphatic rings. The minimum Gasteiger partial charge on any atom is -0.355 e. The summed E-state index contributed by atoms with van der Waals surface area (Å²) in [7, 11) is -3.85. The molecular formula is C25H28N4O3S. The minimum atomic E-state index is -3.85. The fourth-order valence-corrected chi connectivity index (χ4v) is 5.20. The highest BCUT2D eigenvalue weighted by molar-refractivity contribution is 7.89. The van der Waals surface area contributed by atoms with E-state index in [-0.39, 0.29) is 16.7 Å². The lowest BCUT2D eigenvalue weighted by Crippen LogP contribution is -2.49. The molecule has 3 aromatic carbocycles. The molecule has 4 rings (SSSR count). The van der Waals surface area contributed by atoms with Crippen molar-refractivity contribution in [2.24, 2.45) is 5.92 Å². The number of benzene rings is 3. The summed E-state index contributed by atoms with van der Waals surface area (Å²) in [6.07, 6.45) is 2.50. The maximum atomic E-state index is 13.0. The number of hydrogen-bond donors (Lipinski definition) is 2. The molecule has 0 saturated heterocycles. The Morgan fingerprint density at radius 2 is 1.73 bits per heavy atom. The van der Waals surface area contributed by atoms with E-state index < -0.39 is 16.1 Å². The van der Waals surface area contributed by atoms with Crippen LogP contribution in [0.15, 0.2) is 78.0 Å². The number of rotatable bonds is 9. The molecule has 0 fully saturated rings. The highest BCUT2D eigenvalue weighted by Gasteiger charge is 2.28. The van der Waals surface area contributed by atoms with Crippen LogP contribution in [0.5, 0.6) is 0 Å². The molecule has 0 aliphatic heterocycles. The number of para-hydroxylation sites is 2. The van der Waals surface area contributed by atoms with E-state index in [1.54, 1.807) is 24.5 Å². The Bertz CT molecular complexity index is 1380. The molecule has 8 heteroatoms. The molecular weight excluding hydrogens is 436 g/mol. The second kappa shape index (κ2) is 9.72. The molecule has 0 aliphatic carbocycles. The third-order valence-corrected chi connectivity index (χ3v) is 7.10. The standard InChI is InChI=1S/C25H28N4O3S/c1-18(2)24(28-33(31,32)21-13-12-19-8-3-4-9-20(19)16-21)25(30)26-14-7-15-29-17-27-22-10-5-6-11-23(22)29/h3-6,8-13,16-18,24,28H,7,14-15H2,1-2H3,(H,26,30)/t24-/m1/s1. The summed E-state index contributed by atoms with van der Waals surface area (Å²) in [6.45, 7) is 4.79. The Morgan fingerprint density at radius 1 is 1.00 bits per heavy atom. The Morgan fingerprint density at radius 3 is 2.52 bits per heavy atom. The Labute approximate surface area is 193 Å². The third kappa shape index (κ3) is 5.23. The van der Waals surface area contributed by atoms with Crippen LogP contribution < -0.4 is 10.0 Å². The van der Waals surface area contributed by atoms with Gasteiger partial charge in [-0.3, -0.25) is 4.79 Å². The van der Waals surface area contributed by atoms with E-state index in [0.29, 0.717) is 19.5 Å². The summed E-state index contributed by atoms with van der Waals surface area (Å²) in [4.78, 5) is 17.3. The first-order valence-corrected chi connectivity index (χ1v) is 12.5. The Balaban J connectivity index is 1.38. The summed E-state index contributed by atoms with van der Waals surface area (Å²) in [6, 6.07) is 19.6. The smallest absolute Gasteiger partial charge is 0.241 e. The van der Waals surface area contributed by atoms with Crippen LogP contribution in [0.2, 0.25) is 0 Å². The molecule has 0 saturated carbocycles. The average molecular weight is 465 g/mol. The van der Waals surface area contributed by atoms with E-state index in [1.807, 2.05) is 66.9 Å². The molecule has 0 bridgehead atoms. The summed E-state index contributed by atoms with van der Waals surface area (Å²) in [5.74, 6) is -0.539. The number of fused-ring (bicyclic) bond motifs is 2. The number of nitrogens with one attached hydrogen (secondary N) is 2. The molecule has 7 nitrogen and oxygen atoms in total. The van der Waals surface area contributed by atoms with Crippen molar-refractivity contribution in [2.75, 3.05) is 6.54 Å². The number of hydrogen-bond acceptors (Lipinski definition) is 4. The summed E-state index contributed by atoms with van der Waals surface area (Å²) in [5.41, 5.74) is 1.98. The van der Waals surface area contributed by atoms with Crippen molar-refractivity contribution in [1.29, 1.82) is 0 Å². The summed E-state index contributed by atoms with van der Waals surface area (Å²) in [5, 5.41) is 4.67. The van der Waals surface area contributed by atoms with Crippen LogP contribution in [0.25, 0.3) is 21.8 Å².